The molecule has 27 heavy (non-hydrogen) atoms. The summed E-state index contributed by atoms with van der Waals surface area (Å²) >= 11 is 0. The first kappa shape index (κ1) is 21.7. The van der Waals surface area contributed by atoms with Gasteiger partial charge in [-0.15, -0.1) is 24.0 Å². The van der Waals surface area contributed by atoms with Gasteiger partial charge in [0.05, 0.1) is 19.2 Å². The van der Waals surface area contributed by atoms with Crippen LogP contribution in [-0.4, -0.2) is 39.5 Å². The molecule has 1 heterocycles. The van der Waals surface area contributed by atoms with Crippen molar-refractivity contribution in [3.05, 3.63) is 53.9 Å². The van der Waals surface area contributed by atoms with Crippen LogP contribution in [0.1, 0.15) is 43.7 Å². The van der Waals surface area contributed by atoms with Gasteiger partial charge in [-0.25, -0.2) is 4.99 Å². The van der Waals surface area contributed by atoms with E-state index < -0.39 is 0 Å². The zero-order valence-corrected chi connectivity index (χ0v) is 18.2. The fourth-order valence-corrected chi connectivity index (χ4v) is 3.31. The van der Waals surface area contributed by atoms with Gasteiger partial charge in [-0.1, -0.05) is 24.3 Å². The highest BCUT2D eigenvalue weighted by molar-refractivity contribution is 14.0. The first-order valence-electron chi connectivity index (χ1n) is 9.51. The second-order valence-electron chi connectivity index (χ2n) is 6.87. The minimum Gasteiger partial charge on any atom is -0.393 e. The van der Waals surface area contributed by atoms with Crippen LogP contribution in [-0.2, 0) is 13.1 Å². The minimum atomic E-state index is -0.134. The molecule has 1 aromatic heterocycles. The van der Waals surface area contributed by atoms with Crippen molar-refractivity contribution >= 4 is 29.9 Å². The van der Waals surface area contributed by atoms with Crippen LogP contribution in [0.2, 0.25) is 0 Å². The van der Waals surface area contributed by atoms with E-state index in [1.165, 1.54) is 11.1 Å². The fraction of sp³-hybridized carbons (Fsp3) is 0.500. The summed E-state index contributed by atoms with van der Waals surface area (Å²) in [5.74, 6) is 0.853. The van der Waals surface area contributed by atoms with Gasteiger partial charge in [0, 0.05) is 25.0 Å². The van der Waals surface area contributed by atoms with Gasteiger partial charge in [-0.05, 0) is 49.8 Å². The molecule has 0 unspecified atom stereocenters. The highest BCUT2D eigenvalue weighted by Crippen LogP contribution is 2.18. The number of hydrogen-bond acceptors (Lipinski definition) is 3. The van der Waals surface area contributed by atoms with E-state index in [0.717, 1.165) is 44.7 Å². The molecule has 0 radical (unpaired) electrons. The van der Waals surface area contributed by atoms with E-state index in [2.05, 4.69) is 46.9 Å². The molecule has 2 aromatic rings. The van der Waals surface area contributed by atoms with E-state index in [4.69, 9.17) is 4.99 Å². The number of aliphatic hydroxyl groups excluding tert-OH is 1. The number of halogens is 1. The molecular formula is C20H30IN5O. The van der Waals surface area contributed by atoms with Gasteiger partial charge >= 0.3 is 0 Å². The summed E-state index contributed by atoms with van der Waals surface area (Å²) in [6, 6.07) is 10.8. The zero-order chi connectivity index (χ0) is 18.2. The standard InChI is InChI=1S/C20H29N5O.HI/c1-2-21-20(24-18-7-9-19(26)10-8-18)22-14-16-5-3-6-17(13-16)15-25-12-4-11-23-25;/h3-6,11-13,18-19,26H,2,7-10,14-15H2,1H3,(H2,21,22,24);1H. The molecule has 0 saturated heterocycles. The summed E-state index contributed by atoms with van der Waals surface area (Å²) in [6.45, 7) is 4.32. The largest absolute Gasteiger partial charge is 0.393 e. The van der Waals surface area contributed by atoms with Crippen LogP contribution in [0, 0.1) is 0 Å². The van der Waals surface area contributed by atoms with Crippen molar-refractivity contribution in [3.8, 4) is 0 Å². The van der Waals surface area contributed by atoms with Gasteiger partial charge in [0.15, 0.2) is 5.96 Å². The van der Waals surface area contributed by atoms with E-state index in [-0.39, 0.29) is 30.1 Å². The number of aromatic nitrogens is 2. The first-order valence-corrected chi connectivity index (χ1v) is 9.51. The SMILES string of the molecule is CCNC(=NCc1cccc(Cn2cccn2)c1)NC1CCC(O)CC1.I. The highest BCUT2D eigenvalue weighted by atomic mass is 127. The molecule has 148 valence electrons. The first-order chi connectivity index (χ1) is 12.7. The third kappa shape index (κ3) is 7.14. The minimum absolute atomic E-state index is 0. The Hall–Kier alpha value is -1.61. The molecule has 6 nitrogen and oxygen atoms in total. The molecule has 7 heteroatoms. The highest BCUT2D eigenvalue weighted by Gasteiger charge is 2.19. The molecule has 1 aliphatic rings. The predicted molar refractivity (Wildman–Crippen MR) is 119 cm³/mol. The number of nitrogens with zero attached hydrogens (tertiary/aromatic N) is 3. The quantitative estimate of drug-likeness (QED) is 0.336. The van der Waals surface area contributed by atoms with Crippen LogP contribution >= 0.6 is 24.0 Å². The number of aliphatic imine (C=N–C) groups is 1. The van der Waals surface area contributed by atoms with Crippen molar-refractivity contribution in [2.45, 2.75) is 57.8 Å². The number of guanidine groups is 1. The fourth-order valence-electron chi connectivity index (χ4n) is 3.31. The summed E-state index contributed by atoms with van der Waals surface area (Å²) in [4.78, 5) is 4.74. The third-order valence-corrected chi connectivity index (χ3v) is 4.70. The Morgan fingerprint density at radius 2 is 2.00 bits per heavy atom. The molecule has 0 amide bonds. The van der Waals surface area contributed by atoms with E-state index in [9.17, 15) is 5.11 Å². The van der Waals surface area contributed by atoms with Gasteiger partial charge in [0.25, 0.3) is 0 Å². The lowest BCUT2D eigenvalue weighted by atomic mass is 9.93. The summed E-state index contributed by atoms with van der Waals surface area (Å²) < 4.78 is 1.92. The molecule has 1 aliphatic carbocycles. The van der Waals surface area contributed by atoms with Crippen LogP contribution in [0.4, 0.5) is 0 Å². The van der Waals surface area contributed by atoms with Crippen molar-refractivity contribution in [1.82, 2.24) is 20.4 Å². The van der Waals surface area contributed by atoms with E-state index in [0.29, 0.717) is 12.6 Å². The predicted octanol–water partition coefficient (Wildman–Crippen LogP) is 2.91. The van der Waals surface area contributed by atoms with E-state index in [1.54, 1.807) is 6.20 Å². The van der Waals surface area contributed by atoms with Gasteiger partial charge < -0.3 is 15.7 Å². The van der Waals surface area contributed by atoms with Crippen molar-refractivity contribution < 1.29 is 5.11 Å². The summed E-state index contributed by atoms with van der Waals surface area (Å²) in [6.07, 6.45) is 7.35. The van der Waals surface area contributed by atoms with Gasteiger partial charge in [0.1, 0.15) is 0 Å². The molecule has 0 atom stereocenters. The van der Waals surface area contributed by atoms with Crippen LogP contribution in [0.3, 0.4) is 0 Å². The number of nitrogens with one attached hydrogen (secondary N) is 2. The molecule has 1 saturated carbocycles. The molecule has 1 aromatic carbocycles. The molecule has 0 spiro atoms. The number of benzene rings is 1. The monoisotopic (exact) mass is 483 g/mol. The van der Waals surface area contributed by atoms with E-state index in [1.807, 2.05) is 16.9 Å². The van der Waals surface area contributed by atoms with Crippen molar-refractivity contribution in [1.29, 1.82) is 0 Å². The Balaban J connectivity index is 0.00000261. The van der Waals surface area contributed by atoms with Gasteiger partial charge in [-0.3, -0.25) is 4.68 Å². The summed E-state index contributed by atoms with van der Waals surface area (Å²) in [5, 5.41) is 20.8. The number of aliphatic hydroxyl groups is 1. The van der Waals surface area contributed by atoms with Crippen molar-refractivity contribution in [2.24, 2.45) is 4.99 Å². The molecule has 3 rings (SSSR count). The second-order valence-corrected chi connectivity index (χ2v) is 6.87. The third-order valence-electron chi connectivity index (χ3n) is 4.70. The van der Waals surface area contributed by atoms with E-state index >= 15 is 0 Å². The lowest BCUT2D eigenvalue weighted by molar-refractivity contribution is 0.120. The summed E-state index contributed by atoms with van der Waals surface area (Å²) in [5.41, 5.74) is 2.41. The van der Waals surface area contributed by atoms with Crippen LogP contribution in [0.15, 0.2) is 47.7 Å². The molecule has 0 aliphatic heterocycles. The van der Waals surface area contributed by atoms with Crippen molar-refractivity contribution in [3.63, 3.8) is 0 Å². The van der Waals surface area contributed by atoms with Gasteiger partial charge in [0.2, 0.25) is 0 Å². The maximum atomic E-state index is 9.65. The molecule has 3 N–H and O–H groups in total. The van der Waals surface area contributed by atoms with Gasteiger partial charge in [-0.2, -0.15) is 5.10 Å². The maximum absolute atomic E-state index is 9.65. The topological polar surface area (TPSA) is 74.5 Å². The Morgan fingerprint density at radius 1 is 1.22 bits per heavy atom. The maximum Gasteiger partial charge on any atom is 0.191 e. The Morgan fingerprint density at radius 3 is 2.70 bits per heavy atom. The van der Waals surface area contributed by atoms with Crippen LogP contribution < -0.4 is 10.6 Å². The smallest absolute Gasteiger partial charge is 0.191 e. The lowest BCUT2D eigenvalue weighted by Gasteiger charge is -2.27. The van der Waals surface area contributed by atoms with Crippen molar-refractivity contribution in [2.75, 3.05) is 6.54 Å². The molecule has 0 bridgehead atoms. The number of hydrogen-bond donors (Lipinski definition) is 3. The normalized spacial score (nSPS) is 20.0. The zero-order valence-electron chi connectivity index (χ0n) is 15.8. The summed E-state index contributed by atoms with van der Waals surface area (Å²) in [7, 11) is 0. The average Bonchev–Trinajstić information content (AvgIpc) is 3.15. The Bertz CT molecular complexity index is 696. The lowest BCUT2D eigenvalue weighted by Crippen LogP contribution is -2.45. The van der Waals surface area contributed by atoms with Crippen LogP contribution in [0.5, 0.6) is 0 Å². The average molecular weight is 483 g/mol. The Kier molecular flexibility index (Phi) is 9.06. The Labute approximate surface area is 178 Å². The molecular weight excluding hydrogens is 453 g/mol. The second kappa shape index (κ2) is 11.3. The molecule has 1 fully saturated rings. The number of rotatable bonds is 6. The van der Waals surface area contributed by atoms with Crippen LogP contribution in [0.25, 0.3) is 0 Å².